The van der Waals surface area contributed by atoms with E-state index in [4.69, 9.17) is 25.8 Å². The van der Waals surface area contributed by atoms with Crippen LogP contribution < -0.4 is 14.8 Å². The van der Waals surface area contributed by atoms with Crippen LogP contribution >= 0.6 is 11.6 Å². The monoisotopic (exact) mass is 588 g/mol. The number of nitrogens with zero attached hydrogens (tertiary/aromatic N) is 1. The number of aryl methyl sites for hydroxylation is 1. The van der Waals surface area contributed by atoms with E-state index in [-0.39, 0.29) is 54.8 Å². The molecule has 2 aromatic rings. The van der Waals surface area contributed by atoms with Crippen LogP contribution in [0.3, 0.4) is 0 Å². The van der Waals surface area contributed by atoms with E-state index in [1.807, 2.05) is 32.0 Å². The highest BCUT2D eigenvalue weighted by molar-refractivity contribution is 6.33. The number of hydrogen-bond acceptors (Lipinski definition) is 6. The topological polar surface area (TPSA) is 114 Å². The van der Waals surface area contributed by atoms with Crippen molar-refractivity contribution in [2.24, 2.45) is 0 Å². The molecule has 1 atom stereocenters. The van der Waals surface area contributed by atoms with Crippen LogP contribution in [0.15, 0.2) is 36.4 Å². The molecule has 41 heavy (non-hydrogen) atoms. The Kier molecular flexibility index (Phi) is 11.8. The molecule has 3 rings (SSSR count). The summed E-state index contributed by atoms with van der Waals surface area (Å²) in [5.41, 5.74) is 0.569. The van der Waals surface area contributed by atoms with Gasteiger partial charge in [-0.1, -0.05) is 41.9 Å². The number of nitrogens with one attached hydrogen (secondary N) is 1. The molecule has 0 saturated carbocycles. The van der Waals surface area contributed by atoms with E-state index < -0.39 is 23.6 Å². The van der Waals surface area contributed by atoms with Gasteiger partial charge in [0.25, 0.3) is 0 Å². The highest BCUT2D eigenvalue weighted by atomic mass is 35.5. The second-order valence-electron chi connectivity index (χ2n) is 10.1. The van der Waals surface area contributed by atoms with Gasteiger partial charge in [0.15, 0.2) is 11.5 Å². The Labute approximate surface area is 247 Å². The van der Waals surface area contributed by atoms with Gasteiger partial charge in [-0.25, -0.2) is 9.59 Å². The number of Topliss-reactive ketones (excluding diaryl/α,β-unsaturated/α-hetero) is 1. The summed E-state index contributed by atoms with van der Waals surface area (Å²) < 4.78 is 17.0. The van der Waals surface area contributed by atoms with Gasteiger partial charge in [0, 0.05) is 38.2 Å². The van der Waals surface area contributed by atoms with Gasteiger partial charge in [-0.15, -0.1) is 0 Å². The van der Waals surface area contributed by atoms with E-state index in [2.05, 4.69) is 17.4 Å². The predicted molar refractivity (Wildman–Crippen MR) is 157 cm³/mol. The maximum absolute atomic E-state index is 13.9. The highest BCUT2D eigenvalue weighted by Crippen LogP contribution is 2.43. The number of rotatable bonds is 14. The van der Waals surface area contributed by atoms with Crippen molar-refractivity contribution in [3.05, 3.63) is 58.1 Å². The molecular weight excluding hydrogens is 548 g/mol. The molecule has 1 fully saturated rings. The van der Waals surface area contributed by atoms with Gasteiger partial charge >= 0.3 is 12.0 Å². The summed E-state index contributed by atoms with van der Waals surface area (Å²) in [6.45, 7) is 8.28. The number of ketones is 1. The summed E-state index contributed by atoms with van der Waals surface area (Å²) in [7, 11) is 0. The Balaban J connectivity index is 1.97. The first kappa shape index (κ1) is 32.2. The van der Waals surface area contributed by atoms with Crippen molar-refractivity contribution in [1.82, 2.24) is 10.2 Å². The number of aliphatic carboxylic acids is 1. The summed E-state index contributed by atoms with van der Waals surface area (Å²) in [6, 6.07) is 10.7. The Morgan fingerprint density at radius 1 is 1.10 bits per heavy atom. The molecule has 0 spiro atoms. The molecule has 1 heterocycles. The maximum atomic E-state index is 13.9. The molecule has 0 aliphatic carbocycles. The summed E-state index contributed by atoms with van der Waals surface area (Å²) in [5, 5.41) is 13.1. The minimum atomic E-state index is -1.42. The van der Waals surface area contributed by atoms with Crippen LogP contribution in [0.5, 0.6) is 11.5 Å². The molecule has 1 saturated heterocycles. The maximum Gasteiger partial charge on any atom is 0.329 e. The molecule has 0 radical (unpaired) electrons. The number of benzene rings is 2. The van der Waals surface area contributed by atoms with Crippen molar-refractivity contribution in [2.45, 2.75) is 71.4 Å². The second-order valence-corrected chi connectivity index (χ2v) is 10.5. The predicted octanol–water partition coefficient (Wildman–Crippen LogP) is 6.07. The number of carboxylic acid groups (broad SMARTS) is 1. The van der Waals surface area contributed by atoms with Crippen molar-refractivity contribution >= 4 is 29.4 Å². The normalized spacial score (nSPS) is 15.0. The van der Waals surface area contributed by atoms with Gasteiger partial charge in [-0.3, -0.25) is 4.79 Å². The van der Waals surface area contributed by atoms with Gasteiger partial charge in [0.1, 0.15) is 16.9 Å². The number of amides is 2. The Hall–Kier alpha value is -3.30. The Bertz CT molecular complexity index is 1200. The third-order valence-corrected chi connectivity index (χ3v) is 7.78. The van der Waals surface area contributed by atoms with Gasteiger partial charge in [-0.05, 0) is 58.6 Å². The largest absolute Gasteiger partial charge is 0.493 e. The number of halogens is 1. The fourth-order valence-electron chi connectivity index (χ4n) is 5.10. The van der Waals surface area contributed by atoms with E-state index >= 15 is 0 Å². The van der Waals surface area contributed by atoms with Crippen LogP contribution in [0.25, 0.3) is 0 Å². The van der Waals surface area contributed by atoms with Crippen molar-refractivity contribution in [3.8, 4) is 11.5 Å². The lowest BCUT2D eigenvalue weighted by atomic mass is 9.90. The SMILES string of the molecule is CCOc1cc([C@@H](C)N(CCCCc2ccccc2)C(=O)NC2(C(=O)O)CCOCC2)c(Cl)c(OCC)c1C(C)=O. The Morgan fingerprint density at radius 2 is 1.76 bits per heavy atom. The number of carbonyl (C=O) groups is 3. The van der Waals surface area contributed by atoms with Gasteiger partial charge < -0.3 is 29.5 Å². The zero-order chi connectivity index (χ0) is 30.0. The summed E-state index contributed by atoms with van der Waals surface area (Å²) in [5.74, 6) is -0.806. The van der Waals surface area contributed by atoms with E-state index in [9.17, 15) is 19.5 Å². The molecule has 0 bridgehead atoms. The first-order valence-electron chi connectivity index (χ1n) is 14.2. The number of urea groups is 1. The van der Waals surface area contributed by atoms with E-state index in [0.29, 0.717) is 30.9 Å². The van der Waals surface area contributed by atoms with E-state index in [0.717, 1.165) is 12.8 Å². The van der Waals surface area contributed by atoms with Gasteiger partial charge in [0.05, 0.1) is 24.3 Å². The highest BCUT2D eigenvalue weighted by Gasteiger charge is 2.43. The van der Waals surface area contributed by atoms with E-state index in [1.165, 1.54) is 12.5 Å². The van der Waals surface area contributed by atoms with Crippen molar-refractivity contribution in [3.63, 3.8) is 0 Å². The van der Waals surface area contributed by atoms with Crippen molar-refractivity contribution < 1.29 is 33.7 Å². The summed E-state index contributed by atoms with van der Waals surface area (Å²) >= 11 is 6.86. The van der Waals surface area contributed by atoms with Crippen molar-refractivity contribution in [1.29, 1.82) is 0 Å². The third kappa shape index (κ3) is 7.92. The number of unbranched alkanes of at least 4 members (excludes halogenated alkanes) is 1. The van der Waals surface area contributed by atoms with Crippen LogP contribution in [0.1, 0.15) is 80.9 Å². The first-order valence-corrected chi connectivity index (χ1v) is 14.6. The number of carbonyl (C=O) groups excluding carboxylic acids is 2. The second kappa shape index (κ2) is 15.1. The lowest BCUT2D eigenvalue weighted by Crippen LogP contribution is -2.60. The van der Waals surface area contributed by atoms with Crippen LogP contribution in [-0.4, -0.2) is 66.3 Å². The fraction of sp³-hybridized carbons (Fsp3) is 0.516. The third-order valence-electron chi connectivity index (χ3n) is 7.39. The van der Waals surface area contributed by atoms with Gasteiger partial charge in [-0.2, -0.15) is 0 Å². The molecule has 224 valence electrons. The zero-order valence-corrected chi connectivity index (χ0v) is 25.1. The molecule has 10 heteroatoms. The minimum Gasteiger partial charge on any atom is -0.493 e. The number of ether oxygens (including phenoxy) is 3. The first-order chi connectivity index (χ1) is 19.6. The molecule has 2 N–H and O–H groups in total. The molecule has 2 amide bonds. The van der Waals surface area contributed by atoms with E-state index in [1.54, 1.807) is 17.9 Å². The minimum absolute atomic E-state index is 0.168. The Morgan fingerprint density at radius 3 is 2.34 bits per heavy atom. The molecule has 9 nitrogen and oxygen atoms in total. The number of hydrogen-bond donors (Lipinski definition) is 2. The fourth-order valence-corrected chi connectivity index (χ4v) is 5.46. The van der Waals surface area contributed by atoms with Crippen LogP contribution in [0.4, 0.5) is 4.79 Å². The quantitative estimate of drug-likeness (QED) is 0.203. The van der Waals surface area contributed by atoms with Crippen LogP contribution in [0, 0.1) is 0 Å². The average molecular weight is 589 g/mol. The molecule has 0 aromatic heterocycles. The molecule has 1 aliphatic rings. The zero-order valence-electron chi connectivity index (χ0n) is 24.3. The van der Waals surface area contributed by atoms with Crippen LogP contribution in [0.2, 0.25) is 5.02 Å². The molecular formula is C31H41ClN2O7. The lowest BCUT2D eigenvalue weighted by Gasteiger charge is -2.38. The molecule has 2 aromatic carbocycles. The number of carboxylic acids is 1. The average Bonchev–Trinajstić information content (AvgIpc) is 2.95. The van der Waals surface area contributed by atoms with Crippen molar-refractivity contribution in [2.75, 3.05) is 33.0 Å². The molecule has 1 aliphatic heterocycles. The lowest BCUT2D eigenvalue weighted by molar-refractivity contribution is -0.148. The van der Waals surface area contributed by atoms with Gasteiger partial charge in [0.2, 0.25) is 0 Å². The smallest absolute Gasteiger partial charge is 0.329 e. The standard InChI is InChI=1S/C31H41ClN2O7/c1-5-40-25-20-24(27(32)28(41-6-2)26(25)22(4)35)21(3)34(17-11-10-14-23-12-8-7-9-13-23)30(38)33-31(29(36)37)15-18-39-19-16-31/h7-9,12-13,20-21H,5-6,10-11,14-19H2,1-4H3,(H,33,38)(H,36,37)/t21-/m1/s1. The summed E-state index contributed by atoms with van der Waals surface area (Å²) in [4.78, 5) is 40.3. The van der Waals surface area contributed by atoms with Crippen LogP contribution in [-0.2, 0) is 16.0 Å². The molecule has 0 unspecified atom stereocenters. The summed E-state index contributed by atoms with van der Waals surface area (Å²) in [6.07, 6.45) is 2.68.